The lowest BCUT2D eigenvalue weighted by Gasteiger charge is -2.34. The summed E-state index contributed by atoms with van der Waals surface area (Å²) in [6, 6.07) is 0. The zero-order valence-electron chi connectivity index (χ0n) is 12.8. The zero-order valence-corrected chi connectivity index (χ0v) is 12.8. The van der Waals surface area contributed by atoms with Gasteiger partial charge in [0, 0.05) is 0 Å². The first-order valence-corrected chi connectivity index (χ1v) is 8.39. The molecule has 0 aliphatic heterocycles. The Hall–Kier alpha value is -1.24. The van der Waals surface area contributed by atoms with Gasteiger partial charge in [-0.15, -0.1) is 0 Å². The number of carbonyl (C=O) groups excluding carboxylic acids is 2. The van der Waals surface area contributed by atoms with Crippen LogP contribution in [0.4, 0.5) is 0 Å². The SMILES string of the molecule is O=C=NCC1CCCC(CC2CCCC(CN=C=O)C2)C1. The van der Waals surface area contributed by atoms with Crippen molar-refractivity contribution >= 4 is 12.2 Å². The fraction of sp³-hybridized carbons (Fsp3) is 0.882. The molecule has 0 bridgehead atoms. The normalized spacial score (nSPS) is 32.8. The largest absolute Gasteiger partial charge is 0.234 e. The number of aliphatic imine (C=N–C) groups is 2. The third kappa shape index (κ3) is 5.57. The van der Waals surface area contributed by atoms with Crippen molar-refractivity contribution in [3.8, 4) is 0 Å². The monoisotopic (exact) mass is 290 g/mol. The standard InChI is InChI=1S/C17H26N2O2/c20-12-18-10-16-5-1-3-14(8-16)7-15-4-2-6-17(9-15)11-19-13-21/h14-17H,1-11H2. The molecule has 2 rings (SSSR count). The Kier molecular flexibility index (Phi) is 6.85. The molecule has 21 heavy (non-hydrogen) atoms. The molecule has 116 valence electrons. The van der Waals surface area contributed by atoms with Gasteiger partial charge in [0.15, 0.2) is 0 Å². The minimum Gasteiger partial charge on any atom is -0.211 e. The second kappa shape index (κ2) is 8.92. The smallest absolute Gasteiger partial charge is 0.211 e. The van der Waals surface area contributed by atoms with Crippen LogP contribution in [0.1, 0.15) is 57.8 Å². The molecular weight excluding hydrogens is 264 g/mol. The van der Waals surface area contributed by atoms with Crippen molar-refractivity contribution in [2.45, 2.75) is 57.8 Å². The van der Waals surface area contributed by atoms with Crippen molar-refractivity contribution in [3.05, 3.63) is 0 Å². The van der Waals surface area contributed by atoms with E-state index in [-0.39, 0.29) is 0 Å². The molecular formula is C17H26N2O2. The number of isocyanates is 2. The van der Waals surface area contributed by atoms with E-state index < -0.39 is 0 Å². The van der Waals surface area contributed by atoms with E-state index >= 15 is 0 Å². The average molecular weight is 290 g/mol. The van der Waals surface area contributed by atoms with Gasteiger partial charge in [0.2, 0.25) is 12.2 Å². The highest BCUT2D eigenvalue weighted by Gasteiger charge is 2.27. The molecule has 2 fully saturated rings. The quantitative estimate of drug-likeness (QED) is 0.553. The molecule has 0 saturated heterocycles. The van der Waals surface area contributed by atoms with E-state index in [4.69, 9.17) is 0 Å². The van der Waals surface area contributed by atoms with Crippen LogP contribution in [0.2, 0.25) is 0 Å². The second-order valence-corrected chi connectivity index (χ2v) is 6.90. The summed E-state index contributed by atoms with van der Waals surface area (Å²) in [6.45, 7) is 1.34. The number of hydrogen-bond acceptors (Lipinski definition) is 4. The Morgan fingerprint density at radius 3 is 1.57 bits per heavy atom. The maximum absolute atomic E-state index is 10.2. The molecule has 4 nitrogen and oxygen atoms in total. The number of nitrogens with zero attached hydrogens (tertiary/aromatic N) is 2. The van der Waals surface area contributed by atoms with Gasteiger partial charge in [-0.3, -0.25) is 0 Å². The van der Waals surface area contributed by atoms with Crippen LogP contribution >= 0.6 is 0 Å². The maximum atomic E-state index is 10.2. The van der Waals surface area contributed by atoms with E-state index in [0.29, 0.717) is 24.9 Å². The van der Waals surface area contributed by atoms with E-state index in [2.05, 4.69) is 9.98 Å². The lowest BCUT2D eigenvalue weighted by molar-refractivity contribution is 0.184. The fourth-order valence-corrected chi connectivity index (χ4v) is 4.37. The molecule has 2 aliphatic rings. The van der Waals surface area contributed by atoms with Gasteiger partial charge in [0.1, 0.15) is 0 Å². The Bertz CT molecular complexity index is 373. The Morgan fingerprint density at radius 2 is 1.14 bits per heavy atom. The van der Waals surface area contributed by atoms with Crippen LogP contribution in [0.5, 0.6) is 0 Å². The predicted octanol–water partition coefficient (Wildman–Crippen LogP) is 3.66. The summed E-state index contributed by atoms with van der Waals surface area (Å²) in [4.78, 5) is 28.0. The van der Waals surface area contributed by atoms with Crippen molar-refractivity contribution in [3.63, 3.8) is 0 Å². The molecule has 0 N–H and O–H groups in total. The van der Waals surface area contributed by atoms with E-state index in [1.807, 2.05) is 0 Å². The minimum absolute atomic E-state index is 0.587. The first-order chi connectivity index (χ1) is 10.3. The molecule has 0 aromatic rings. The molecule has 4 heteroatoms. The van der Waals surface area contributed by atoms with Crippen LogP contribution in [0.25, 0.3) is 0 Å². The maximum Gasteiger partial charge on any atom is 0.234 e. The minimum atomic E-state index is 0.587. The highest BCUT2D eigenvalue weighted by atomic mass is 16.1. The Balaban J connectivity index is 1.77. The van der Waals surface area contributed by atoms with Crippen LogP contribution in [-0.4, -0.2) is 25.2 Å². The third-order valence-electron chi connectivity index (χ3n) is 5.28. The molecule has 0 aromatic carbocycles. The van der Waals surface area contributed by atoms with Crippen molar-refractivity contribution in [2.24, 2.45) is 33.7 Å². The lowest BCUT2D eigenvalue weighted by Crippen LogP contribution is -2.24. The fourth-order valence-electron chi connectivity index (χ4n) is 4.37. The molecule has 4 atom stereocenters. The zero-order chi connectivity index (χ0) is 14.9. The first-order valence-electron chi connectivity index (χ1n) is 8.39. The summed E-state index contributed by atoms with van der Waals surface area (Å²) < 4.78 is 0. The molecule has 0 aromatic heterocycles. The topological polar surface area (TPSA) is 58.9 Å². The summed E-state index contributed by atoms with van der Waals surface area (Å²) >= 11 is 0. The summed E-state index contributed by atoms with van der Waals surface area (Å²) in [5, 5.41) is 0. The van der Waals surface area contributed by atoms with Gasteiger partial charge >= 0.3 is 0 Å². The van der Waals surface area contributed by atoms with Crippen molar-refractivity contribution in [1.29, 1.82) is 0 Å². The van der Waals surface area contributed by atoms with Gasteiger partial charge in [-0.25, -0.2) is 19.6 Å². The van der Waals surface area contributed by atoms with E-state index in [9.17, 15) is 9.59 Å². The van der Waals surface area contributed by atoms with E-state index in [0.717, 1.165) is 11.8 Å². The lowest BCUT2D eigenvalue weighted by atomic mass is 9.72. The summed E-state index contributed by atoms with van der Waals surface area (Å²) in [5.41, 5.74) is 0. The summed E-state index contributed by atoms with van der Waals surface area (Å²) in [5.74, 6) is 2.77. The van der Waals surface area contributed by atoms with Crippen LogP contribution in [0, 0.1) is 23.7 Å². The van der Waals surface area contributed by atoms with Gasteiger partial charge in [-0.05, 0) is 55.8 Å². The van der Waals surface area contributed by atoms with Gasteiger partial charge in [-0.2, -0.15) is 0 Å². The van der Waals surface area contributed by atoms with Crippen LogP contribution in [-0.2, 0) is 9.59 Å². The number of hydrogen-bond donors (Lipinski definition) is 0. The number of rotatable bonds is 6. The van der Waals surface area contributed by atoms with Gasteiger partial charge < -0.3 is 0 Å². The molecule has 0 heterocycles. The highest BCUT2D eigenvalue weighted by molar-refractivity contribution is 5.33. The van der Waals surface area contributed by atoms with Gasteiger partial charge in [0.05, 0.1) is 13.1 Å². The molecule has 0 spiro atoms. The Labute approximate surface area is 127 Å². The highest BCUT2D eigenvalue weighted by Crippen LogP contribution is 2.38. The van der Waals surface area contributed by atoms with Crippen molar-refractivity contribution in [1.82, 2.24) is 0 Å². The van der Waals surface area contributed by atoms with Crippen LogP contribution in [0.3, 0.4) is 0 Å². The predicted molar refractivity (Wildman–Crippen MR) is 81.5 cm³/mol. The van der Waals surface area contributed by atoms with E-state index in [1.165, 1.54) is 57.8 Å². The molecule has 2 saturated carbocycles. The summed E-state index contributed by atoms with van der Waals surface area (Å²) in [6.07, 6.45) is 14.7. The van der Waals surface area contributed by atoms with Crippen molar-refractivity contribution < 1.29 is 9.59 Å². The molecule has 0 amide bonds. The third-order valence-corrected chi connectivity index (χ3v) is 5.28. The first kappa shape index (κ1) is 16.1. The van der Waals surface area contributed by atoms with Gasteiger partial charge in [0.25, 0.3) is 0 Å². The Morgan fingerprint density at radius 1 is 0.714 bits per heavy atom. The molecule has 2 aliphatic carbocycles. The van der Waals surface area contributed by atoms with Crippen LogP contribution < -0.4 is 0 Å². The molecule has 0 radical (unpaired) electrons. The summed E-state index contributed by atoms with van der Waals surface area (Å²) in [7, 11) is 0. The van der Waals surface area contributed by atoms with Gasteiger partial charge in [-0.1, -0.05) is 25.7 Å². The van der Waals surface area contributed by atoms with Crippen molar-refractivity contribution in [2.75, 3.05) is 13.1 Å². The van der Waals surface area contributed by atoms with Crippen LogP contribution in [0.15, 0.2) is 9.98 Å². The van der Waals surface area contributed by atoms with E-state index in [1.54, 1.807) is 12.2 Å². The average Bonchev–Trinajstić information content (AvgIpc) is 2.52. The molecule has 4 unspecified atom stereocenters. The second-order valence-electron chi connectivity index (χ2n) is 6.90.